The van der Waals surface area contributed by atoms with E-state index in [1.165, 1.54) is 30.5 Å². The minimum absolute atomic E-state index is 0.249. The molecule has 0 amide bonds. The molecule has 1 saturated heterocycles. The highest BCUT2D eigenvalue weighted by molar-refractivity contribution is 5.34. The molecule has 4 rings (SSSR count). The van der Waals surface area contributed by atoms with Crippen molar-refractivity contribution < 1.29 is 9.13 Å². The summed E-state index contributed by atoms with van der Waals surface area (Å²) < 4.78 is 20.7. The van der Waals surface area contributed by atoms with Crippen LogP contribution >= 0.6 is 0 Å². The van der Waals surface area contributed by atoms with E-state index in [0.717, 1.165) is 36.6 Å². The summed E-state index contributed by atoms with van der Waals surface area (Å²) in [5.41, 5.74) is 3.00. The third-order valence-corrected chi connectivity index (χ3v) is 5.23. The molecule has 3 aromatic rings. The quantitative estimate of drug-likeness (QED) is 0.655. The van der Waals surface area contributed by atoms with Crippen LogP contribution in [0.25, 0.3) is 5.69 Å². The van der Waals surface area contributed by atoms with Gasteiger partial charge in [0.25, 0.3) is 0 Å². The summed E-state index contributed by atoms with van der Waals surface area (Å²) in [6, 6.07) is 17.3. The number of benzene rings is 2. The highest BCUT2D eigenvalue weighted by Crippen LogP contribution is 2.27. The lowest BCUT2D eigenvalue weighted by Gasteiger charge is -2.24. The fourth-order valence-electron chi connectivity index (χ4n) is 3.88. The van der Waals surface area contributed by atoms with Crippen molar-refractivity contribution in [1.29, 1.82) is 0 Å². The monoisotopic (exact) mass is 365 g/mol. The Balaban J connectivity index is 1.46. The topological polar surface area (TPSA) is 30.3 Å². The van der Waals surface area contributed by atoms with Crippen LogP contribution in [0.15, 0.2) is 60.8 Å². The van der Waals surface area contributed by atoms with E-state index >= 15 is 0 Å². The Hall–Kier alpha value is -2.66. The smallest absolute Gasteiger partial charge is 0.125 e. The Labute approximate surface area is 159 Å². The third-order valence-electron chi connectivity index (χ3n) is 5.23. The molecular formula is C22H24FN3O. The van der Waals surface area contributed by atoms with E-state index in [1.807, 2.05) is 30.5 Å². The molecule has 0 aliphatic carbocycles. The second kappa shape index (κ2) is 7.92. The van der Waals surface area contributed by atoms with Crippen molar-refractivity contribution >= 4 is 0 Å². The third kappa shape index (κ3) is 4.03. The molecule has 1 aliphatic heterocycles. The molecule has 1 fully saturated rings. The van der Waals surface area contributed by atoms with Gasteiger partial charge in [-0.2, -0.15) is 5.10 Å². The first-order chi connectivity index (χ1) is 13.2. The number of aromatic nitrogens is 2. The summed E-state index contributed by atoms with van der Waals surface area (Å²) in [5.74, 6) is 0.709. The van der Waals surface area contributed by atoms with Crippen molar-refractivity contribution in [2.24, 2.45) is 0 Å². The number of nitrogens with zero attached hydrogens (tertiary/aromatic N) is 3. The Morgan fingerprint density at radius 3 is 2.89 bits per heavy atom. The highest BCUT2D eigenvalue weighted by atomic mass is 19.1. The number of para-hydroxylation sites is 1. The maximum Gasteiger partial charge on any atom is 0.125 e. The van der Waals surface area contributed by atoms with Crippen LogP contribution in [0.3, 0.4) is 0 Å². The van der Waals surface area contributed by atoms with Gasteiger partial charge in [-0.1, -0.05) is 24.3 Å². The van der Waals surface area contributed by atoms with Crippen LogP contribution in [0.5, 0.6) is 5.75 Å². The zero-order chi connectivity index (χ0) is 18.6. The molecule has 1 aliphatic rings. The van der Waals surface area contributed by atoms with Crippen LogP contribution in [-0.2, 0) is 13.0 Å². The SMILES string of the molecule is COc1ccccc1C[C@H]1CCCN1Cc1ccn(-c2cccc(F)c2)n1. The molecule has 0 saturated carbocycles. The fourth-order valence-corrected chi connectivity index (χ4v) is 3.88. The molecule has 4 nitrogen and oxygen atoms in total. The van der Waals surface area contributed by atoms with Crippen LogP contribution in [0.1, 0.15) is 24.1 Å². The van der Waals surface area contributed by atoms with Gasteiger partial charge in [-0.3, -0.25) is 4.90 Å². The van der Waals surface area contributed by atoms with Crippen LogP contribution in [0, 0.1) is 5.82 Å². The van der Waals surface area contributed by atoms with Crippen molar-refractivity contribution in [2.45, 2.75) is 31.8 Å². The Morgan fingerprint density at radius 2 is 2.04 bits per heavy atom. The molecule has 0 bridgehead atoms. The lowest BCUT2D eigenvalue weighted by Crippen LogP contribution is -2.31. The van der Waals surface area contributed by atoms with E-state index in [9.17, 15) is 4.39 Å². The number of ether oxygens (including phenoxy) is 1. The van der Waals surface area contributed by atoms with Crippen molar-refractivity contribution in [3.63, 3.8) is 0 Å². The molecular weight excluding hydrogens is 341 g/mol. The summed E-state index contributed by atoms with van der Waals surface area (Å²) in [7, 11) is 1.73. The van der Waals surface area contributed by atoms with Gasteiger partial charge in [-0.15, -0.1) is 0 Å². The number of rotatable bonds is 6. The molecule has 0 N–H and O–H groups in total. The first-order valence-corrected chi connectivity index (χ1v) is 9.39. The van der Waals surface area contributed by atoms with Crippen LogP contribution in [0.2, 0.25) is 0 Å². The van der Waals surface area contributed by atoms with Gasteiger partial charge >= 0.3 is 0 Å². The number of methoxy groups -OCH3 is 1. The molecule has 2 aromatic carbocycles. The zero-order valence-corrected chi connectivity index (χ0v) is 15.5. The minimum Gasteiger partial charge on any atom is -0.496 e. The summed E-state index contributed by atoms with van der Waals surface area (Å²) in [5, 5.41) is 4.64. The van der Waals surface area contributed by atoms with Crippen molar-refractivity contribution in [1.82, 2.24) is 14.7 Å². The fraction of sp³-hybridized carbons (Fsp3) is 0.318. The van der Waals surface area contributed by atoms with Gasteiger partial charge in [-0.25, -0.2) is 9.07 Å². The van der Waals surface area contributed by atoms with Gasteiger partial charge in [0.2, 0.25) is 0 Å². The predicted molar refractivity (Wildman–Crippen MR) is 104 cm³/mol. The molecule has 27 heavy (non-hydrogen) atoms. The van der Waals surface area contributed by atoms with Crippen molar-refractivity contribution in [2.75, 3.05) is 13.7 Å². The van der Waals surface area contributed by atoms with Gasteiger partial charge in [0.1, 0.15) is 11.6 Å². The summed E-state index contributed by atoms with van der Waals surface area (Å²) in [6.07, 6.45) is 5.26. The number of halogens is 1. The first kappa shape index (κ1) is 17.7. The molecule has 0 spiro atoms. The van der Waals surface area contributed by atoms with Gasteiger partial charge in [0.15, 0.2) is 0 Å². The molecule has 2 heterocycles. The van der Waals surface area contributed by atoms with E-state index in [2.05, 4.69) is 22.1 Å². The van der Waals surface area contributed by atoms with Crippen molar-refractivity contribution in [3.8, 4) is 11.4 Å². The number of likely N-dealkylation sites (tertiary alicyclic amines) is 1. The van der Waals surface area contributed by atoms with Crippen LogP contribution in [-0.4, -0.2) is 34.4 Å². The normalized spacial score (nSPS) is 17.3. The first-order valence-electron chi connectivity index (χ1n) is 9.39. The second-order valence-corrected chi connectivity index (χ2v) is 7.01. The average molecular weight is 365 g/mol. The van der Waals surface area contributed by atoms with Gasteiger partial charge in [0.05, 0.1) is 18.5 Å². The summed E-state index contributed by atoms with van der Waals surface area (Å²) >= 11 is 0. The molecule has 1 atom stereocenters. The van der Waals surface area contributed by atoms with E-state index in [4.69, 9.17) is 4.74 Å². The molecule has 0 radical (unpaired) electrons. The predicted octanol–water partition coefficient (Wildman–Crippen LogP) is 4.23. The molecule has 0 unspecified atom stereocenters. The summed E-state index contributed by atoms with van der Waals surface area (Å²) in [6.45, 7) is 1.88. The minimum atomic E-state index is -0.249. The number of hydrogen-bond donors (Lipinski definition) is 0. The molecule has 5 heteroatoms. The summed E-state index contributed by atoms with van der Waals surface area (Å²) in [4.78, 5) is 2.49. The number of hydrogen-bond acceptors (Lipinski definition) is 3. The van der Waals surface area contributed by atoms with E-state index in [1.54, 1.807) is 17.9 Å². The largest absolute Gasteiger partial charge is 0.496 e. The zero-order valence-electron chi connectivity index (χ0n) is 15.5. The lowest BCUT2D eigenvalue weighted by atomic mass is 10.0. The van der Waals surface area contributed by atoms with Crippen LogP contribution in [0.4, 0.5) is 4.39 Å². The van der Waals surface area contributed by atoms with E-state index < -0.39 is 0 Å². The van der Waals surface area contributed by atoms with Gasteiger partial charge in [0, 0.05) is 18.8 Å². The molecule has 140 valence electrons. The lowest BCUT2D eigenvalue weighted by molar-refractivity contribution is 0.239. The van der Waals surface area contributed by atoms with Gasteiger partial charge < -0.3 is 4.74 Å². The Morgan fingerprint density at radius 1 is 1.15 bits per heavy atom. The average Bonchev–Trinajstić information content (AvgIpc) is 3.32. The maximum absolute atomic E-state index is 13.4. The highest BCUT2D eigenvalue weighted by Gasteiger charge is 2.26. The Kier molecular flexibility index (Phi) is 5.21. The standard InChI is InChI=1S/C22H24FN3O/c1-27-22-10-3-2-6-17(22)14-20-9-5-12-25(20)16-19-11-13-26(24-19)21-8-4-7-18(23)15-21/h2-4,6-8,10-11,13,15,20H,5,9,12,14,16H2,1H3/t20-/m1/s1. The second-order valence-electron chi connectivity index (χ2n) is 7.01. The van der Waals surface area contributed by atoms with Crippen LogP contribution < -0.4 is 4.74 Å². The molecule has 1 aromatic heterocycles. The van der Waals surface area contributed by atoms with E-state index in [0.29, 0.717) is 6.04 Å². The Bertz CT molecular complexity index is 908. The van der Waals surface area contributed by atoms with Crippen molar-refractivity contribution in [3.05, 3.63) is 77.9 Å². The van der Waals surface area contributed by atoms with Gasteiger partial charge in [-0.05, 0) is 61.7 Å². The van der Waals surface area contributed by atoms with E-state index in [-0.39, 0.29) is 5.82 Å². The maximum atomic E-state index is 13.4.